The van der Waals surface area contributed by atoms with Gasteiger partial charge in [-0.15, -0.1) is 0 Å². The van der Waals surface area contributed by atoms with Gasteiger partial charge >= 0.3 is 40.6 Å². The van der Waals surface area contributed by atoms with Crippen LogP contribution in [0.4, 0.5) is 0 Å². The molecule has 0 bridgehead atoms. The Hall–Kier alpha value is -6.74. The fourth-order valence-corrected chi connectivity index (χ4v) is 14.3. The minimum Gasteiger partial charge on any atom is -0.469 e. The van der Waals surface area contributed by atoms with Crippen molar-refractivity contribution < 1.29 is 56.2 Å². The van der Waals surface area contributed by atoms with E-state index in [9.17, 15) is 19.2 Å². The summed E-state index contributed by atoms with van der Waals surface area (Å²) < 4.78 is 51.0. The Morgan fingerprint density at radius 3 is 0.701 bits per heavy atom. The molecule has 6 rings (SSSR count). The summed E-state index contributed by atoms with van der Waals surface area (Å²) in [4.78, 5) is 50.3. The van der Waals surface area contributed by atoms with Crippen LogP contribution < -0.4 is 28.7 Å². The van der Waals surface area contributed by atoms with Crippen LogP contribution in [0.1, 0.15) is 258 Å². The van der Waals surface area contributed by atoms with Crippen molar-refractivity contribution in [3.05, 3.63) is 164 Å². The Balaban J connectivity index is 1.59. The molecule has 0 saturated carbocycles. The fraction of sp³-hybridized carbons (Fsp3) is 0.518. The van der Waals surface area contributed by atoms with Gasteiger partial charge in [-0.05, 0) is 133 Å². The molecule has 1 atom stereocenters. The second-order valence-electron chi connectivity index (χ2n) is 33.3. The molecule has 0 heterocycles. The molecule has 0 saturated heterocycles. The molecule has 0 N–H and O–H groups in total. The molecule has 97 heavy (non-hydrogen) atoms. The standard InChI is InChI=1S/C83H114O12P2/c1-52(2)61-44-53(28-40-69(84)88-24)45-62(77(3,4)5)73(61)92-96(93-74-63(78(6,7)8)46-54(29-41-70(85)89-25)47-64(74)79(9,10)11)59-36-32-57(33-37-59)58-34-38-60(39-35-58)97(94-75-65(80(12,13)14)48-55(30-42-71(86)90-26)49-66(75)81(15,16)17)95-76-67(82(18,19)20)50-56(31-43-72(87)91-27)51-68(76)83(21,22)23/h32-39,44-52H,28-31,40-43H2,1-27H3. The van der Waals surface area contributed by atoms with Crippen LogP contribution in [0.2, 0.25) is 0 Å². The van der Waals surface area contributed by atoms with Crippen molar-refractivity contribution in [2.24, 2.45) is 0 Å². The van der Waals surface area contributed by atoms with Crippen LogP contribution in [-0.4, -0.2) is 52.3 Å². The van der Waals surface area contributed by atoms with Crippen molar-refractivity contribution in [3.8, 4) is 34.1 Å². The quantitative estimate of drug-likeness (QED) is 0.0323. The Labute approximate surface area is 585 Å². The van der Waals surface area contributed by atoms with Crippen molar-refractivity contribution in [3.63, 3.8) is 0 Å². The van der Waals surface area contributed by atoms with Crippen LogP contribution in [0.3, 0.4) is 0 Å². The number of carbonyl (C=O) groups is 4. The first-order chi connectivity index (χ1) is 44.8. The summed E-state index contributed by atoms with van der Waals surface area (Å²) in [5, 5.41) is 1.72. The van der Waals surface area contributed by atoms with Crippen molar-refractivity contribution in [1.82, 2.24) is 0 Å². The average molecular weight is 1370 g/mol. The molecule has 0 radical (unpaired) electrons. The van der Waals surface area contributed by atoms with Crippen molar-refractivity contribution in [1.29, 1.82) is 0 Å². The van der Waals surface area contributed by atoms with Crippen LogP contribution >= 0.6 is 16.8 Å². The fourth-order valence-electron chi connectivity index (χ4n) is 11.6. The molecule has 12 nitrogen and oxygen atoms in total. The monoisotopic (exact) mass is 1360 g/mol. The third-order valence-corrected chi connectivity index (χ3v) is 20.3. The van der Waals surface area contributed by atoms with Gasteiger partial charge in [-0.1, -0.05) is 232 Å². The third kappa shape index (κ3) is 21.2. The Kier molecular flexibility index (Phi) is 25.8. The van der Waals surface area contributed by atoms with E-state index in [1.807, 2.05) is 0 Å². The lowest BCUT2D eigenvalue weighted by Crippen LogP contribution is -2.23. The van der Waals surface area contributed by atoms with E-state index in [2.05, 4.69) is 256 Å². The number of methoxy groups -OCH3 is 4. The molecule has 14 heteroatoms. The first-order valence-electron chi connectivity index (χ1n) is 34.3. The average Bonchev–Trinajstić information content (AvgIpc) is 0.772. The minimum atomic E-state index is -1.94. The van der Waals surface area contributed by atoms with Gasteiger partial charge in [0.15, 0.2) is 0 Å². The van der Waals surface area contributed by atoms with Crippen molar-refractivity contribution >= 4 is 51.2 Å². The predicted octanol–water partition coefficient (Wildman–Crippen LogP) is 20.2. The first kappa shape index (κ1) is 79.2. The minimum absolute atomic E-state index is 0.0504. The van der Waals surface area contributed by atoms with Gasteiger partial charge < -0.3 is 37.0 Å². The smallest absolute Gasteiger partial charge is 0.326 e. The number of hydrogen-bond donors (Lipinski definition) is 0. The Morgan fingerprint density at radius 1 is 0.309 bits per heavy atom. The Bertz CT molecular complexity index is 3530. The topological polar surface area (TPSA) is 142 Å². The second-order valence-corrected chi connectivity index (χ2v) is 36.1. The van der Waals surface area contributed by atoms with Crippen LogP contribution in [0.15, 0.2) is 97.1 Å². The molecule has 1 unspecified atom stereocenters. The van der Waals surface area contributed by atoms with E-state index >= 15 is 0 Å². The van der Waals surface area contributed by atoms with E-state index in [-0.39, 0.29) is 93.4 Å². The molecule has 0 aliphatic carbocycles. The number of ether oxygens (including phenoxy) is 4. The Morgan fingerprint density at radius 2 is 0.505 bits per heavy atom. The molecule has 6 aromatic carbocycles. The largest absolute Gasteiger partial charge is 0.469 e. The first-order valence-corrected chi connectivity index (χ1v) is 36.6. The van der Waals surface area contributed by atoms with Crippen molar-refractivity contribution in [2.75, 3.05) is 28.4 Å². The number of esters is 4. The van der Waals surface area contributed by atoms with Gasteiger partial charge in [-0.25, -0.2) is 0 Å². The summed E-state index contributed by atoms with van der Waals surface area (Å²) in [5.74, 6) is 2.02. The number of hydrogen-bond acceptors (Lipinski definition) is 12. The van der Waals surface area contributed by atoms with Gasteiger partial charge in [0.25, 0.3) is 0 Å². The van der Waals surface area contributed by atoms with E-state index < -0.39 is 16.8 Å². The van der Waals surface area contributed by atoms with E-state index in [4.69, 9.17) is 37.0 Å². The molecule has 0 amide bonds. The van der Waals surface area contributed by atoms with Crippen LogP contribution in [0.25, 0.3) is 11.1 Å². The predicted molar refractivity (Wildman–Crippen MR) is 400 cm³/mol. The number of rotatable bonds is 24. The summed E-state index contributed by atoms with van der Waals surface area (Å²) in [6.07, 6.45) is 3.06. The van der Waals surface area contributed by atoms with E-state index in [0.29, 0.717) is 25.7 Å². The highest BCUT2D eigenvalue weighted by Gasteiger charge is 2.38. The van der Waals surface area contributed by atoms with Crippen molar-refractivity contribution in [2.45, 2.75) is 254 Å². The van der Waals surface area contributed by atoms with Crippen LogP contribution in [0.5, 0.6) is 23.0 Å². The van der Waals surface area contributed by atoms with Gasteiger partial charge in [-0.3, -0.25) is 19.2 Å². The lowest BCUT2D eigenvalue weighted by molar-refractivity contribution is -0.141. The lowest BCUT2D eigenvalue weighted by atomic mass is 9.78. The second kappa shape index (κ2) is 31.6. The summed E-state index contributed by atoms with van der Waals surface area (Å²) in [5.41, 5.74) is 11.4. The molecule has 528 valence electrons. The van der Waals surface area contributed by atoms with Crippen LogP contribution in [0, 0.1) is 0 Å². The molecule has 0 aromatic heterocycles. The van der Waals surface area contributed by atoms with Gasteiger partial charge in [0.1, 0.15) is 23.0 Å². The highest BCUT2D eigenvalue weighted by molar-refractivity contribution is 7.57. The SMILES string of the molecule is COC(=O)CCc1cc(C(C)C)c(OP(Oc2c(C(C)(C)C)cc(CCC(=O)OC)cc2C(C)(C)C)c2ccc(-c3ccc(P(Oc4c(C(C)(C)C)cc(CCC(=O)OC)cc4C(C)(C)C)Oc4c(C(C)(C)C)cc(CCC(=O)OC)cc4C(C)(C)C)cc3)cc2)c(C(C)(C)C)c1. The summed E-state index contributed by atoms with van der Waals surface area (Å²) in [6.45, 7) is 50.4. The number of carbonyl (C=O) groups excluding carboxylic acids is 4. The molecular formula is C83H114O12P2. The number of benzene rings is 6. The van der Waals surface area contributed by atoms with Gasteiger partial charge in [0, 0.05) is 64.6 Å². The maximum atomic E-state index is 12.6. The third-order valence-electron chi connectivity index (χ3n) is 17.5. The molecule has 6 aromatic rings. The lowest BCUT2D eigenvalue weighted by Gasteiger charge is -2.34. The maximum Gasteiger partial charge on any atom is 0.326 e. The molecule has 0 aliphatic heterocycles. The summed E-state index contributed by atoms with van der Waals surface area (Å²) in [7, 11) is 1.83. The highest BCUT2D eigenvalue weighted by Crippen LogP contribution is 2.54. The zero-order valence-corrected chi connectivity index (χ0v) is 65.6. The maximum absolute atomic E-state index is 12.6. The molecule has 0 fully saturated rings. The zero-order valence-electron chi connectivity index (χ0n) is 63.8. The highest BCUT2D eigenvalue weighted by atomic mass is 31.2. The van der Waals surface area contributed by atoms with E-state index in [1.54, 1.807) is 0 Å². The van der Waals surface area contributed by atoms with Gasteiger partial charge in [0.05, 0.1) is 39.0 Å². The van der Waals surface area contributed by atoms with Gasteiger partial charge in [-0.2, -0.15) is 0 Å². The molecular weight excluding hydrogens is 1250 g/mol. The van der Waals surface area contributed by atoms with E-state index in [1.165, 1.54) is 28.4 Å². The molecule has 0 spiro atoms. The zero-order chi connectivity index (χ0) is 72.7. The van der Waals surface area contributed by atoms with Gasteiger partial charge in [0.2, 0.25) is 0 Å². The number of aryl methyl sites for hydroxylation is 4. The summed E-state index contributed by atoms with van der Waals surface area (Å²) in [6, 6.07) is 34.5. The normalized spacial score (nSPS) is 12.9. The van der Waals surface area contributed by atoms with E-state index in [0.717, 1.165) is 111 Å². The van der Waals surface area contributed by atoms with Crippen LogP contribution in [-0.2, 0) is 102 Å². The summed E-state index contributed by atoms with van der Waals surface area (Å²) >= 11 is 0. The molecule has 0 aliphatic rings.